The monoisotopic (exact) mass is 319 g/mol. The zero-order valence-corrected chi connectivity index (χ0v) is 13.9. The Kier molecular flexibility index (Phi) is 5.83. The Morgan fingerprint density at radius 2 is 2.00 bits per heavy atom. The topological polar surface area (TPSA) is 47.6 Å². The van der Waals surface area contributed by atoms with Crippen molar-refractivity contribution < 1.29 is 14.3 Å². The van der Waals surface area contributed by atoms with Crippen LogP contribution >= 0.6 is 11.3 Å². The first kappa shape index (κ1) is 16.4. The van der Waals surface area contributed by atoms with Gasteiger partial charge in [0.2, 0.25) is 5.91 Å². The third kappa shape index (κ3) is 4.24. The number of hydrogen-bond donors (Lipinski definition) is 1. The molecule has 0 aliphatic rings. The fourth-order valence-corrected chi connectivity index (χ4v) is 2.86. The van der Waals surface area contributed by atoms with Gasteiger partial charge in [0.15, 0.2) is 11.5 Å². The first-order valence-corrected chi connectivity index (χ1v) is 8.03. The van der Waals surface area contributed by atoms with Crippen molar-refractivity contribution >= 4 is 17.2 Å². The summed E-state index contributed by atoms with van der Waals surface area (Å²) >= 11 is 1.64. The lowest BCUT2D eigenvalue weighted by Crippen LogP contribution is -2.29. The van der Waals surface area contributed by atoms with Gasteiger partial charge in [-0.1, -0.05) is 19.1 Å². The molecule has 118 valence electrons. The summed E-state index contributed by atoms with van der Waals surface area (Å²) in [6, 6.07) is 9.75. The normalized spacial score (nSPS) is 11.8. The van der Waals surface area contributed by atoms with E-state index in [0.717, 1.165) is 10.4 Å². The van der Waals surface area contributed by atoms with Crippen LogP contribution < -0.4 is 14.8 Å². The molecule has 1 amide bonds. The lowest BCUT2D eigenvalue weighted by molar-refractivity contribution is -0.124. The molecule has 0 saturated carbocycles. The third-order valence-corrected chi connectivity index (χ3v) is 4.33. The number of benzene rings is 1. The smallest absolute Gasteiger partial charge is 0.223 e. The number of carbonyl (C=O) groups is 1. The van der Waals surface area contributed by atoms with Crippen LogP contribution in [-0.4, -0.2) is 20.1 Å². The van der Waals surface area contributed by atoms with Crippen LogP contribution in [0, 0.1) is 5.92 Å². The van der Waals surface area contributed by atoms with Crippen molar-refractivity contribution in [2.24, 2.45) is 5.92 Å². The Bertz CT molecular complexity index is 610. The molecule has 4 nitrogen and oxygen atoms in total. The maximum absolute atomic E-state index is 12.2. The fourth-order valence-electron chi connectivity index (χ4n) is 2.22. The molecule has 2 rings (SSSR count). The largest absolute Gasteiger partial charge is 0.493 e. The van der Waals surface area contributed by atoms with E-state index in [1.165, 1.54) is 0 Å². The lowest BCUT2D eigenvalue weighted by Gasteiger charge is -2.14. The third-order valence-electron chi connectivity index (χ3n) is 3.45. The van der Waals surface area contributed by atoms with Gasteiger partial charge in [0.25, 0.3) is 0 Å². The number of nitrogens with one attached hydrogen (secondary N) is 1. The van der Waals surface area contributed by atoms with Gasteiger partial charge < -0.3 is 14.8 Å². The molecule has 1 heterocycles. The van der Waals surface area contributed by atoms with Crippen LogP contribution in [0.5, 0.6) is 11.5 Å². The molecule has 0 fully saturated rings. The zero-order chi connectivity index (χ0) is 15.9. The summed E-state index contributed by atoms with van der Waals surface area (Å²) in [5.41, 5.74) is 1.05. The fraction of sp³-hybridized carbons (Fsp3) is 0.353. The van der Waals surface area contributed by atoms with Gasteiger partial charge in [-0.15, -0.1) is 11.3 Å². The zero-order valence-electron chi connectivity index (χ0n) is 13.1. The molecule has 0 saturated heterocycles. The molecular formula is C17H21NO3S. The quantitative estimate of drug-likeness (QED) is 0.852. The van der Waals surface area contributed by atoms with Crippen molar-refractivity contribution in [1.29, 1.82) is 0 Å². The standard InChI is InChI=1S/C17H21NO3S/c1-12(17(19)18-11-14-5-4-8-22-14)9-13-6-7-15(20-2)16(10-13)21-3/h4-8,10,12H,9,11H2,1-3H3,(H,18,19). The van der Waals surface area contributed by atoms with Gasteiger partial charge in [0.1, 0.15) is 0 Å². The molecule has 5 heteroatoms. The van der Waals surface area contributed by atoms with Crippen molar-refractivity contribution in [3.63, 3.8) is 0 Å². The minimum absolute atomic E-state index is 0.0585. The van der Waals surface area contributed by atoms with E-state index in [4.69, 9.17) is 9.47 Å². The second-order valence-corrected chi connectivity index (χ2v) is 6.12. The molecule has 22 heavy (non-hydrogen) atoms. The van der Waals surface area contributed by atoms with Gasteiger partial charge in [-0.25, -0.2) is 0 Å². The van der Waals surface area contributed by atoms with Gasteiger partial charge >= 0.3 is 0 Å². The van der Waals surface area contributed by atoms with E-state index in [0.29, 0.717) is 24.5 Å². The number of carbonyl (C=O) groups excluding carboxylic acids is 1. The highest BCUT2D eigenvalue weighted by molar-refractivity contribution is 7.09. The predicted molar refractivity (Wildman–Crippen MR) is 88.6 cm³/mol. The van der Waals surface area contributed by atoms with Gasteiger partial charge in [-0.2, -0.15) is 0 Å². The number of thiophene rings is 1. The van der Waals surface area contributed by atoms with Gasteiger partial charge in [0.05, 0.1) is 20.8 Å². The molecule has 1 N–H and O–H groups in total. The van der Waals surface area contributed by atoms with Gasteiger partial charge in [-0.3, -0.25) is 4.79 Å². The average molecular weight is 319 g/mol. The first-order valence-electron chi connectivity index (χ1n) is 7.15. The number of amides is 1. The van der Waals surface area contributed by atoms with E-state index in [2.05, 4.69) is 5.32 Å². The molecule has 0 bridgehead atoms. The van der Waals surface area contributed by atoms with Crippen LogP contribution in [0.1, 0.15) is 17.4 Å². The molecule has 2 aromatic rings. The van der Waals surface area contributed by atoms with Crippen molar-refractivity contribution in [2.75, 3.05) is 14.2 Å². The van der Waals surface area contributed by atoms with E-state index >= 15 is 0 Å². The lowest BCUT2D eigenvalue weighted by atomic mass is 10.00. The van der Waals surface area contributed by atoms with Crippen LogP contribution in [0.4, 0.5) is 0 Å². The minimum Gasteiger partial charge on any atom is -0.493 e. The van der Waals surface area contributed by atoms with Crippen LogP contribution in [0.15, 0.2) is 35.7 Å². The number of methoxy groups -OCH3 is 2. The average Bonchev–Trinajstić information content (AvgIpc) is 3.05. The summed E-state index contributed by atoms with van der Waals surface area (Å²) in [6.45, 7) is 2.52. The molecule has 0 spiro atoms. The van der Waals surface area contributed by atoms with Crippen molar-refractivity contribution in [3.8, 4) is 11.5 Å². The predicted octanol–water partition coefficient (Wildman–Crippen LogP) is 3.26. The van der Waals surface area contributed by atoms with Crippen molar-refractivity contribution in [2.45, 2.75) is 19.9 Å². The summed E-state index contributed by atoms with van der Waals surface area (Å²) in [5, 5.41) is 4.98. The van der Waals surface area contributed by atoms with Crippen molar-refractivity contribution in [3.05, 3.63) is 46.2 Å². The molecular weight excluding hydrogens is 298 g/mol. The maximum Gasteiger partial charge on any atom is 0.223 e. The molecule has 0 radical (unpaired) electrons. The molecule has 1 aromatic heterocycles. The van der Waals surface area contributed by atoms with Gasteiger partial charge in [0, 0.05) is 10.8 Å². The second kappa shape index (κ2) is 7.84. The Balaban J connectivity index is 1.93. The van der Waals surface area contributed by atoms with Crippen LogP contribution in [0.2, 0.25) is 0 Å². The summed E-state index contributed by atoms with van der Waals surface area (Å²) < 4.78 is 10.5. The van der Waals surface area contributed by atoms with E-state index < -0.39 is 0 Å². The van der Waals surface area contributed by atoms with Gasteiger partial charge in [-0.05, 0) is 35.6 Å². The Hall–Kier alpha value is -2.01. The molecule has 1 atom stereocenters. The summed E-state index contributed by atoms with van der Waals surface area (Å²) in [4.78, 5) is 13.3. The Labute approximate surface area is 135 Å². The highest BCUT2D eigenvalue weighted by Gasteiger charge is 2.15. The number of ether oxygens (including phenoxy) is 2. The molecule has 1 aromatic carbocycles. The highest BCUT2D eigenvalue weighted by Crippen LogP contribution is 2.28. The highest BCUT2D eigenvalue weighted by atomic mass is 32.1. The second-order valence-electron chi connectivity index (χ2n) is 5.09. The SMILES string of the molecule is COc1ccc(CC(C)C(=O)NCc2cccs2)cc1OC. The summed E-state index contributed by atoms with van der Waals surface area (Å²) in [5.74, 6) is 1.34. The summed E-state index contributed by atoms with van der Waals surface area (Å²) in [7, 11) is 3.22. The Morgan fingerprint density at radius 1 is 1.23 bits per heavy atom. The minimum atomic E-state index is -0.0990. The Morgan fingerprint density at radius 3 is 2.64 bits per heavy atom. The number of rotatable bonds is 7. The van der Waals surface area contributed by atoms with E-state index in [1.807, 2.05) is 42.6 Å². The molecule has 1 unspecified atom stereocenters. The van der Waals surface area contributed by atoms with Crippen LogP contribution in [-0.2, 0) is 17.8 Å². The van der Waals surface area contributed by atoms with Crippen LogP contribution in [0.25, 0.3) is 0 Å². The first-order chi connectivity index (χ1) is 10.6. The molecule has 0 aliphatic heterocycles. The van der Waals surface area contributed by atoms with Crippen molar-refractivity contribution in [1.82, 2.24) is 5.32 Å². The maximum atomic E-state index is 12.2. The van der Waals surface area contributed by atoms with E-state index in [9.17, 15) is 4.79 Å². The number of hydrogen-bond acceptors (Lipinski definition) is 4. The molecule has 0 aliphatic carbocycles. The van der Waals surface area contributed by atoms with E-state index in [1.54, 1.807) is 25.6 Å². The summed E-state index contributed by atoms with van der Waals surface area (Å²) in [6.07, 6.45) is 0.663. The van der Waals surface area contributed by atoms with Crippen LogP contribution in [0.3, 0.4) is 0 Å². The van der Waals surface area contributed by atoms with E-state index in [-0.39, 0.29) is 11.8 Å².